The van der Waals surface area contributed by atoms with E-state index in [1.54, 1.807) is 24.3 Å². The molecule has 1 rings (SSSR count). The Labute approximate surface area is 115 Å². The molecule has 0 unspecified atom stereocenters. The molecule has 102 valence electrons. The van der Waals surface area contributed by atoms with Gasteiger partial charge in [-0.1, -0.05) is 44.1 Å². The van der Waals surface area contributed by atoms with Crippen LogP contribution in [0.3, 0.4) is 0 Å². The summed E-state index contributed by atoms with van der Waals surface area (Å²) in [6.45, 7) is 2.54. The van der Waals surface area contributed by atoms with Crippen molar-refractivity contribution in [3.63, 3.8) is 0 Å². The molecule has 1 amide bonds. The minimum Gasteiger partial charge on any atom is -0.481 e. The van der Waals surface area contributed by atoms with Gasteiger partial charge in [0, 0.05) is 12.0 Å². The Kier molecular flexibility index (Phi) is 7.19. The van der Waals surface area contributed by atoms with Gasteiger partial charge < -0.3 is 10.5 Å². The molecule has 19 heavy (non-hydrogen) atoms. The maximum Gasteiger partial charge on any atom is 0.248 e. The molecular formula is C16H21NO2. The third-order valence-corrected chi connectivity index (χ3v) is 2.71. The number of carbonyl (C=O) groups is 1. The normalized spacial score (nSPS) is 9.53. The average Bonchev–Trinajstić information content (AvgIpc) is 2.42. The van der Waals surface area contributed by atoms with Crippen LogP contribution in [0.1, 0.15) is 49.4 Å². The van der Waals surface area contributed by atoms with Gasteiger partial charge in [0.15, 0.2) is 0 Å². The minimum atomic E-state index is -0.451. The quantitative estimate of drug-likeness (QED) is 0.604. The molecule has 0 aromatic heterocycles. The predicted molar refractivity (Wildman–Crippen MR) is 77.0 cm³/mol. The summed E-state index contributed by atoms with van der Waals surface area (Å²) in [5.41, 5.74) is 5.64. The van der Waals surface area contributed by atoms with E-state index in [2.05, 4.69) is 18.8 Å². The molecule has 0 heterocycles. The molecule has 0 fully saturated rings. The zero-order valence-corrected chi connectivity index (χ0v) is 11.4. The third kappa shape index (κ3) is 6.52. The van der Waals surface area contributed by atoms with Crippen LogP contribution in [-0.4, -0.2) is 12.5 Å². The molecule has 1 aromatic rings. The van der Waals surface area contributed by atoms with Gasteiger partial charge in [-0.2, -0.15) is 0 Å². The molecule has 0 saturated carbocycles. The number of benzene rings is 1. The largest absolute Gasteiger partial charge is 0.481 e. The topological polar surface area (TPSA) is 52.3 Å². The lowest BCUT2D eigenvalue weighted by Gasteiger charge is -2.02. The highest BCUT2D eigenvalue weighted by Gasteiger charge is 2.00. The van der Waals surface area contributed by atoms with E-state index in [4.69, 9.17) is 10.5 Å². The summed E-state index contributed by atoms with van der Waals surface area (Å²) >= 11 is 0. The van der Waals surface area contributed by atoms with E-state index in [1.807, 2.05) is 0 Å². The summed E-state index contributed by atoms with van der Waals surface area (Å²) in [4.78, 5) is 11.0. The van der Waals surface area contributed by atoms with Crippen molar-refractivity contribution in [1.82, 2.24) is 0 Å². The second-order valence-corrected chi connectivity index (χ2v) is 4.34. The monoisotopic (exact) mass is 259 g/mol. The summed E-state index contributed by atoms with van der Waals surface area (Å²) in [6, 6.07) is 6.82. The Bertz CT molecular complexity index is 457. The number of amides is 1. The Morgan fingerprint density at radius 3 is 2.84 bits per heavy atom. The maximum absolute atomic E-state index is 11.0. The van der Waals surface area contributed by atoms with E-state index in [-0.39, 0.29) is 0 Å². The predicted octanol–water partition coefficient (Wildman–Crippen LogP) is 3.14. The van der Waals surface area contributed by atoms with Crippen molar-refractivity contribution in [2.45, 2.75) is 39.0 Å². The summed E-state index contributed by atoms with van der Waals surface area (Å²) in [5.74, 6) is 6.23. The highest BCUT2D eigenvalue weighted by molar-refractivity contribution is 5.93. The highest BCUT2D eigenvalue weighted by atomic mass is 16.5. The maximum atomic E-state index is 11.0. The fourth-order valence-electron chi connectivity index (χ4n) is 1.64. The van der Waals surface area contributed by atoms with Gasteiger partial charge in [0.2, 0.25) is 5.91 Å². The van der Waals surface area contributed by atoms with Crippen LogP contribution >= 0.6 is 0 Å². The molecule has 0 aliphatic rings. The SMILES string of the molecule is CCCCCCC#CCOc1cccc(C(N)=O)c1. The van der Waals surface area contributed by atoms with Crippen molar-refractivity contribution in [2.75, 3.05) is 6.61 Å². The van der Waals surface area contributed by atoms with E-state index in [0.717, 1.165) is 12.8 Å². The van der Waals surface area contributed by atoms with Crippen molar-refractivity contribution in [1.29, 1.82) is 0 Å². The Hall–Kier alpha value is -1.95. The summed E-state index contributed by atoms with van der Waals surface area (Å²) in [7, 11) is 0. The molecule has 0 radical (unpaired) electrons. The number of hydrogen-bond acceptors (Lipinski definition) is 2. The van der Waals surface area contributed by atoms with Crippen molar-refractivity contribution >= 4 is 5.91 Å². The van der Waals surface area contributed by atoms with Crippen LogP contribution in [0.15, 0.2) is 24.3 Å². The van der Waals surface area contributed by atoms with Gasteiger partial charge in [0.25, 0.3) is 0 Å². The van der Waals surface area contributed by atoms with E-state index < -0.39 is 5.91 Å². The minimum absolute atomic E-state index is 0.343. The van der Waals surface area contributed by atoms with Gasteiger partial charge >= 0.3 is 0 Å². The molecule has 0 atom stereocenters. The van der Waals surface area contributed by atoms with E-state index in [1.165, 1.54) is 19.3 Å². The molecule has 3 nitrogen and oxygen atoms in total. The van der Waals surface area contributed by atoms with Crippen LogP contribution in [0, 0.1) is 11.8 Å². The average molecular weight is 259 g/mol. The van der Waals surface area contributed by atoms with E-state index in [0.29, 0.717) is 17.9 Å². The van der Waals surface area contributed by atoms with E-state index >= 15 is 0 Å². The fourth-order valence-corrected chi connectivity index (χ4v) is 1.64. The van der Waals surface area contributed by atoms with Gasteiger partial charge in [-0.05, 0) is 24.6 Å². The summed E-state index contributed by atoms with van der Waals surface area (Å²) in [6.07, 6.45) is 5.83. The lowest BCUT2D eigenvalue weighted by molar-refractivity contribution is 0.1000. The summed E-state index contributed by atoms with van der Waals surface area (Å²) < 4.78 is 5.44. The number of hydrogen-bond donors (Lipinski definition) is 1. The van der Waals surface area contributed by atoms with Crippen molar-refractivity contribution in [2.24, 2.45) is 5.73 Å². The first-order valence-corrected chi connectivity index (χ1v) is 6.72. The molecule has 0 spiro atoms. The van der Waals surface area contributed by atoms with Gasteiger partial charge in [-0.15, -0.1) is 0 Å². The van der Waals surface area contributed by atoms with Gasteiger partial charge in [0.05, 0.1) is 0 Å². The Morgan fingerprint density at radius 1 is 1.26 bits per heavy atom. The van der Waals surface area contributed by atoms with Crippen LogP contribution < -0.4 is 10.5 Å². The zero-order valence-electron chi connectivity index (χ0n) is 11.4. The molecule has 3 heteroatoms. The number of nitrogens with two attached hydrogens (primary N) is 1. The smallest absolute Gasteiger partial charge is 0.248 e. The highest BCUT2D eigenvalue weighted by Crippen LogP contribution is 2.12. The van der Waals surface area contributed by atoms with Gasteiger partial charge in [0.1, 0.15) is 12.4 Å². The molecular weight excluding hydrogens is 238 g/mol. The lowest BCUT2D eigenvalue weighted by Crippen LogP contribution is -2.10. The lowest BCUT2D eigenvalue weighted by atomic mass is 10.2. The second-order valence-electron chi connectivity index (χ2n) is 4.34. The Balaban J connectivity index is 2.27. The number of carbonyl (C=O) groups excluding carboxylic acids is 1. The van der Waals surface area contributed by atoms with Gasteiger partial charge in [-0.3, -0.25) is 4.79 Å². The summed E-state index contributed by atoms with van der Waals surface area (Å²) in [5, 5.41) is 0. The second kappa shape index (κ2) is 9.04. The molecule has 2 N–H and O–H groups in total. The number of rotatable bonds is 7. The number of unbranched alkanes of at least 4 members (excludes halogenated alkanes) is 4. The molecule has 0 bridgehead atoms. The molecule has 0 aliphatic heterocycles. The van der Waals surface area contributed by atoms with Crippen molar-refractivity contribution in [3.05, 3.63) is 29.8 Å². The van der Waals surface area contributed by atoms with Crippen LogP contribution in [0.4, 0.5) is 0 Å². The van der Waals surface area contributed by atoms with Crippen LogP contribution in [0.2, 0.25) is 0 Å². The van der Waals surface area contributed by atoms with Crippen molar-refractivity contribution < 1.29 is 9.53 Å². The van der Waals surface area contributed by atoms with Gasteiger partial charge in [-0.25, -0.2) is 0 Å². The van der Waals surface area contributed by atoms with Crippen molar-refractivity contribution in [3.8, 4) is 17.6 Å². The zero-order chi connectivity index (χ0) is 13.9. The van der Waals surface area contributed by atoms with Crippen LogP contribution in [0.25, 0.3) is 0 Å². The fraction of sp³-hybridized carbons (Fsp3) is 0.438. The molecule has 1 aromatic carbocycles. The first-order valence-electron chi connectivity index (χ1n) is 6.72. The van der Waals surface area contributed by atoms with Crippen LogP contribution in [-0.2, 0) is 0 Å². The first-order chi connectivity index (χ1) is 9.24. The standard InChI is InChI=1S/C16H21NO2/c1-2-3-4-5-6-7-8-12-19-15-11-9-10-14(13-15)16(17)18/h9-11,13H,2-6,12H2,1H3,(H2,17,18). The first kappa shape index (κ1) is 15.1. The number of primary amides is 1. The van der Waals surface area contributed by atoms with Crippen LogP contribution in [0.5, 0.6) is 5.75 Å². The Morgan fingerprint density at radius 2 is 2.11 bits per heavy atom. The van der Waals surface area contributed by atoms with E-state index in [9.17, 15) is 4.79 Å². The molecule has 0 aliphatic carbocycles. The molecule has 0 saturated heterocycles. The number of ether oxygens (including phenoxy) is 1. The third-order valence-electron chi connectivity index (χ3n) is 2.71.